The van der Waals surface area contributed by atoms with E-state index in [0.29, 0.717) is 12.5 Å². The SMILES string of the molecule is O=C(O)c1cc(F)cnc1NCC1CC=CCC1. The molecule has 0 bridgehead atoms. The second kappa shape index (κ2) is 5.62. The third-order valence-electron chi connectivity index (χ3n) is 3.02. The van der Waals surface area contributed by atoms with Crippen molar-refractivity contribution < 1.29 is 14.3 Å². The fraction of sp³-hybridized carbons (Fsp3) is 0.385. The normalized spacial score (nSPS) is 18.6. The lowest BCUT2D eigenvalue weighted by atomic mass is 9.94. The van der Waals surface area contributed by atoms with Gasteiger partial charge < -0.3 is 10.4 Å². The molecule has 0 aliphatic heterocycles. The maximum Gasteiger partial charge on any atom is 0.339 e. The number of carboxylic acids is 1. The van der Waals surface area contributed by atoms with Gasteiger partial charge in [0.1, 0.15) is 17.2 Å². The van der Waals surface area contributed by atoms with E-state index in [1.807, 2.05) is 0 Å². The number of aromatic nitrogens is 1. The van der Waals surface area contributed by atoms with Crippen molar-refractivity contribution in [2.75, 3.05) is 11.9 Å². The van der Waals surface area contributed by atoms with Crippen molar-refractivity contribution in [3.63, 3.8) is 0 Å². The van der Waals surface area contributed by atoms with E-state index in [9.17, 15) is 9.18 Å². The van der Waals surface area contributed by atoms with Crippen molar-refractivity contribution in [3.8, 4) is 0 Å². The van der Waals surface area contributed by atoms with Crippen LogP contribution in [0.2, 0.25) is 0 Å². The van der Waals surface area contributed by atoms with Gasteiger partial charge in [0.25, 0.3) is 0 Å². The first-order valence-corrected chi connectivity index (χ1v) is 5.94. The van der Waals surface area contributed by atoms with Gasteiger partial charge in [0.05, 0.1) is 6.20 Å². The van der Waals surface area contributed by atoms with E-state index in [2.05, 4.69) is 22.5 Å². The van der Waals surface area contributed by atoms with Crippen molar-refractivity contribution in [2.45, 2.75) is 19.3 Å². The number of nitrogens with one attached hydrogen (secondary N) is 1. The van der Waals surface area contributed by atoms with Gasteiger partial charge >= 0.3 is 5.97 Å². The number of hydrogen-bond donors (Lipinski definition) is 2. The average molecular weight is 250 g/mol. The van der Waals surface area contributed by atoms with Gasteiger partial charge in [0.15, 0.2) is 0 Å². The largest absolute Gasteiger partial charge is 0.478 e. The monoisotopic (exact) mass is 250 g/mol. The van der Waals surface area contributed by atoms with Crippen LogP contribution in [0.15, 0.2) is 24.4 Å². The molecule has 4 nitrogen and oxygen atoms in total. The van der Waals surface area contributed by atoms with Crippen LogP contribution in [0.4, 0.5) is 10.2 Å². The molecular formula is C13H15FN2O2. The first kappa shape index (κ1) is 12.5. The number of anilines is 1. The van der Waals surface area contributed by atoms with Gasteiger partial charge in [-0.25, -0.2) is 14.2 Å². The van der Waals surface area contributed by atoms with Crippen molar-refractivity contribution >= 4 is 11.8 Å². The van der Waals surface area contributed by atoms with Gasteiger partial charge in [-0.3, -0.25) is 0 Å². The van der Waals surface area contributed by atoms with Crippen LogP contribution in [0, 0.1) is 11.7 Å². The van der Waals surface area contributed by atoms with E-state index in [0.717, 1.165) is 31.5 Å². The van der Waals surface area contributed by atoms with Crippen LogP contribution in [-0.4, -0.2) is 22.6 Å². The molecule has 5 heteroatoms. The maximum absolute atomic E-state index is 12.9. The van der Waals surface area contributed by atoms with Gasteiger partial charge in [0.2, 0.25) is 0 Å². The summed E-state index contributed by atoms with van der Waals surface area (Å²) in [4.78, 5) is 14.8. The maximum atomic E-state index is 12.9. The Kier molecular flexibility index (Phi) is 3.92. The van der Waals surface area contributed by atoms with E-state index < -0.39 is 11.8 Å². The fourth-order valence-electron chi connectivity index (χ4n) is 2.03. The zero-order valence-electron chi connectivity index (χ0n) is 9.90. The molecule has 0 saturated carbocycles. The van der Waals surface area contributed by atoms with Gasteiger partial charge in [-0.15, -0.1) is 0 Å². The molecule has 0 amide bonds. The molecule has 1 atom stereocenters. The molecule has 18 heavy (non-hydrogen) atoms. The number of carboxylic acid groups (broad SMARTS) is 1. The number of nitrogens with zero attached hydrogens (tertiary/aromatic N) is 1. The second-order valence-corrected chi connectivity index (χ2v) is 4.39. The van der Waals surface area contributed by atoms with Crippen LogP contribution in [0.1, 0.15) is 29.6 Å². The molecule has 0 radical (unpaired) electrons. The summed E-state index contributed by atoms with van der Waals surface area (Å²) in [7, 11) is 0. The fourth-order valence-corrected chi connectivity index (χ4v) is 2.03. The smallest absolute Gasteiger partial charge is 0.339 e. The van der Waals surface area contributed by atoms with Gasteiger partial charge in [-0.1, -0.05) is 12.2 Å². The number of rotatable bonds is 4. The number of carbonyl (C=O) groups is 1. The summed E-state index contributed by atoms with van der Waals surface area (Å²) >= 11 is 0. The topological polar surface area (TPSA) is 62.2 Å². The molecule has 2 rings (SSSR count). The number of hydrogen-bond acceptors (Lipinski definition) is 3. The molecule has 0 aromatic carbocycles. The lowest BCUT2D eigenvalue weighted by Gasteiger charge is -2.19. The van der Waals surface area contributed by atoms with Crippen LogP contribution < -0.4 is 5.32 Å². The van der Waals surface area contributed by atoms with Gasteiger partial charge in [-0.2, -0.15) is 0 Å². The van der Waals surface area contributed by atoms with E-state index in [-0.39, 0.29) is 11.4 Å². The van der Waals surface area contributed by atoms with Crippen LogP contribution in [0.5, 0.6) is 0 Å². The highest BCUT2D eigenvalue weighted by Crippen LogP contribution is 2.20. The molecule has 1 heterocycles. The molecule has 1 aromatic rings. The third kappa shape index (κ3) is 3.06. The van der Waals surface area contributed by atoms with Crippen molar-refractivity contribution in [2.24, 2.45) is 5.92 Å². The summed E-state index contributed by atoms with van der Waals surface area (Å²) < 4.78 is 12.9. The number of allylic oxidation sites excluding steroid dienone is 2. The van der Waals surface area contributed by atoms with Crippen LogP contribution in [-0.2, 0) is 0 Å². The molecule has 96 valence electrons. The van der Waals surface area contributed by atoms with E-state index in [1.165, 1.54) is 0 Å². The van der Waals surface area contributed by atoms with Gasteiger partial charge in [-0.05, 0) is 31.2 Å². The Hall–Kier alpha value is -1.91. The highest BCUT2D eigenvalue weighted by atomic mass is 19.1. The molecule has 0 spiro atoms. The Balaban J connectivity index is 2.04. The highest BCUT2D eigenvalue weighted by Gasteiger charge is 2.15. The minimum Gasteiger partial charge on any atom is -0.478 e. The molecule has 1 unspecified atom stereocenters. The Morgan fingerprint density at radius 1 is 1.56 bits per heavy atom. The summed E-state index contributed by atoms with van der Waals surface area (Å²) in [5.41, 5.74) is -0.124. The minimum atomic E-state index is -1.17. The lowest BCUT2D eigenvalue weighted by Crippen LogP contribution is -2.18. The second-order valence-electron chi connectivity index (χ2n) is 4.39. The molecule has 1 aliphatic rings. The zero-order chi connectivity index (χ0) is 13.0. The summed E-state index contributed by atoms with van der Waals surface area (Å²) in [5.74, 6) is -1.10. The summed E-state index contributed by atoms with van der Waals surface area (Å²) in [6.45, 7) is 0.656. The first-order chi connectivity index (χ1) is 8.66. The number of aromatic carboxylic acids is 1. The molecule has 1 aromatic heterocycles. The average Bonchev–Trinajstić information content (AvgIpc) is 2.38. The highest BCUT2D eigenvalue weighted by molar-refractivity contribution is 5.93. The van der Waals surface area contributed by atoms with Crippen LogP contribution >= 0.6 is 0 Å². The quantitative estimate of drug-likeness (QED) is 0.806. The third-order valence-corrected chi connectivity index (χ3v) is 3.02. The predicted molar refractivity (Wildman–Crippen MR) is 66.1 cm³/mol. The van der Waals surface area contributed by atoms with E-state index in [1.54, 1.807) is 0 Å². The predicted octanol–water partition coefficient (Wildman–Crippen LogP) is 2.69. The minimum absolute atomic E-state index is 0.124. The summed E-state index contributed by atoms with van der Waals surface area (Å²) in [6.07, 6.45) is 8.41. The first-order valence-electron chi connectivity index (χ1n) is 5.94. The van der Waals surface area contributed by atoms with Crippen molar-refractivity contribution in [1.29, 1.82) is 0 Å². The van der Waals surface area contributed by atoms with Crippen LogP contribution in [0.25, 0.3) is 0 Å². The molecule has 0 fully saturated rings. The molecule has 1 aliphatic carbocycles. The zero-order valence-corrected chi connectivity index (χ0v) is 9.90. The lowest BCUT2D eigenvalue weighted by molar-refractivity contribution is 0.0697. The Labute approximate surface area is 105 Å². The van der Waals surface area contributed by atoms with E-state index >= 15 is 0 Å². The molecule has 2 N–H and O–H groups in total. The molecular weight excluding hydrogens is 235 g/mol. The van der Waals surface area contributed by atoms with Crippen molar-refractivity contribution in [3.05, 3.63) is 35.8 Å². The Morgan fingerprint density at radius 3 is 3.06 bits per heavy atom. The Morgan fingerprint density at radius 2 is 2.39 bits per heavy atom. The van der Waals surface area contributed by atoms with Crippen LogP contribution in [0.3, 0.4) is 0 Å². The number of halogens is 1. The van der Waals surface area contributed by atoms with Gasteiger partial charge in [0, 0.05) is 6.54 Å². The van der Waals surface area contributed by atoms with Crippen molar-refractivity contribution in [1.82, 2.24) is 4.98 Å². The molecule has 0 saturated heterocycles. The summed E-state index contributed by atoms with van der Waals surface area (Å²) in [5, 5.41) is 12.0. The Bertz CT molecular complexity index is 474. The standard InChI is InChI=1S/C13H15FN2O2/c14-10-6-11(13(17)18)12(16-8-10)15-7-9-4-2-1-3-5-9/h1-2,6,8-9H,3-5,7H2,(H,15,16)(H,17,18). The summed E-state index contributed by atoms with van der Waals surface area (Å²) in [6, 6.07) is 0.985. The van der Waals surface area contributed by atoms with E-state index in [4.69, 9.17) is 5.11 Å². The number of pyridine rings is 1.